The summed E-state index contributed by atoms with van der Waals surface area (Å²) in [5.41, 5.74) is 14.5. The van der Waals surface area contributed by atoms with E-state index in [1.54, 1.807) is 0 Å². The molecule has 1 aromatic heterocycles. The predicted molar refractivity (Wildman–Crippen MR) is 205 cm³/mol. The number of hydrogen-bond acceptors (Lipinski definition) is 2. The van der Waals surface area contributed by atoms with E-state index >= 15 is 0 Å². The summed E-state index contributed by atoms with van der Waals surface area (Å²) in [7, 11) is 0. The second-order valence-corrected chi connectivity index (χ2v) is 14.5. The number of allylic oxidation sites excluding steroid dienone is 2. The Bertz CT molecular complexity index is 2470. The standard InChI is InChI=1S/C44H33BN2S/c1-28-13-12-14-29(2)44(28)45-36-19-8-11-22-42(36)48-43-25-31(23-24-37(43)45)47-39-21-10-7-18-33(39)35-26-34-32-17-6-9-20-38(32)46(40(34)27-41(35)47)30-15-4-3-5-16-30/h3-27,32,38H,1-2H3. The first kappa shape index (κ1) is 27.9. The number of fused-ring (bicyclic) bond motifs is 8. The van der Waals surface area contributed by atoms with Crippen molar-refractivity contribution < 1.29 is 0 Å². The lowest BCUT2D eigenvalue weighted by molar-refractivity contribution is 0.745. The van der Waals surface area contributed by atoms with Gasteiger partial charge >= 0.3 is 0 Å². The second-order valence-electron chi connectivity index (χ2n) is 13.4. The summed E-state index contributed by atoms with van der Waals surface area (Å²) >= 11 is 1.91. The fourth-order valence-corrected chi connectivity index (χ4v) is 9.82. The monoisotopic (exact) mass is 632 g/mol. The van der Waals surface area contributed by atoms with Crippen LogP contribution in [0.2, 0.25) is 0 Å². The summed E-state index contributed by atoms with van der Waals surface area (Å²) in [5.74, 6) is 0.318. The maximum absolute atomic E-state index is 2.54. The summed E-state index contributed by atoms with van der Waals surface area (Å²) in [6.45, 7) is 4.73. The van der Waals surface area contributed by atoms with Crippen LogP contribution in [0.1, 0.15) is 22.6 Å². The zero-order chi connectivity index (χ0) is 31.9. The Labute approximate surface area is 286 Å². The van der Waals surface area contributed by atoms with E-state index in [2.05, 4.69) is 175 Å². The van der Waals surface area contributed by atoms with Gasteiger partial charge in [-0.2, -0.15) is 0 Å². The lowest BCUT2D eigenvalue weighted by atomic mass is 9.35. The van der Waals surface area contributed by atoms with Gasteiger partial charge in [0.15, 0.2) is 0 Å². The normalized spacial score (nSPS) is 17.5. The molecule has 2 atom stereocenters. The van der Waals surface area contributed by atoms with Gasteiger partial charge in [0.2, 0.25) is 6.71 Å². The van der Waals surface area contributed by atoms with Crippen LogP contribution >= 0.6 is 11.8 Å². The highest BCUT2D eigenvalue weighted by Gasteiger charge is 2.38. The number of nitrogens with zero attached hydrogens (tertiary/aromatic N) is 2. The second kappa shape index (κ2) is 10.7. The van der Waals surface area contributed by atoms with Gasteiger partial charge < -0.3 is 9.47 Å². The van der Waals surface area contributed by atoms with Gasteiger partial charge in [0.1, 0.15) is 0 Å². The Kier molecular flexibility index (Phi) is 6.20. The molecule has 4 heteroatoms. The molecule has 48 heavy (non-hydrogen) atoms. The number of hydrogen-bond donors (Lipinski definition) is 0. The minimum atomic E-state index is 0.206. The molecule has 3 heterocycles. The quantitative estimate of drug-likeness (QED) is 0.180. The van der Waals surface area contributed by atoms with Crippen LogP contribution in [0, 0.1) is 13.8 Å². The average molecular weight is 633 g/mol. The number of anilines is 2. The Balaban J connectivity index is 1.20. The lowest BCUT2D eigenvalue weighted by Gasteiger charge is -2.29. The first-order valence-electron chi connectivity index (χ1n) is 16.9. The van der Waals surface area contributed by atoms with Crippen LogP contribution in [0.3, 0.4) is 0 Å². The minimum Gasteiger partial charge on any atom is -0.333 e. The molecule has 2 aliphatic heterocycles. The number of aromatic nitrogens is 1. The van der Waals surface area contributed by atoms with Gasteiger partial charge in [-0.25, -0.2) is 0 Å². The summed E-state index contributed by atoms with van der Waals surface area (Å²) in [5, 5.41) is 2.61. The van der Waals surface area contributed by atoms with Crippen molar-refractivity contribution in [2.45, 2.75) is 35.6 Å². The van der Waals surface area contributed by atoms with E-state index in [1.165, 1.54) is 81.7 Å². The van der Waals surface area contributed by atoms with Crippen molar-refractivity contribution in [2.75, 3.05) is 4.90 Å². The van der Waals surface area contributed by atoms with Crippen molar-refractivity contribution >= 4 is 68.0 Å². The molecule has 0 spiro atoms. The molecule has 0 amide bonds. The Morgan fingerprint density at radius 3 is 2.21 bits per heavy atom. The van der Waals surface area contributed by atoms with E-state index in [0.717, 1.165) is 0 Å². The Morgan fingerprint density at radius 2 is 1.33 bits per heavy atom. The van der Waals surface area contributed by atoms with Gasteiger partial charge in [0.05, 0.1) is 17.1 Å². The lowest BCUT2D eigenvalue weighted by Crippen LogP contribution is -2.56. The zero-order valence-electron chi connectivity index (χ0n) is 27.0. The molecule has 3 aliphatic rings. The Morgan fingerprint density at radius 1 is 0.583 bits per heavy atom. The Hall–Kier alpha value is -5.19. The first-order valence-corrected chi connectivity index (χ1v) is 17.7. The third-order valence-corrected chi connectivity index (χ3v) is 11.9. The van der Waals surface area contributed by atoms with Crippen LogP contribution in [-0.4, -0.2) is 17.3 Å². The highest BCUT2D eigenvalue weighted by atomic mass is 32.2. The SMILES string of the molecule is Cc1cccc(C)c1B1c2ccccc2Sc2cc(-n3c4ccccc4c4cc5c(cc43)N(c3ccccc3)C3C=CC=CC53)ccc21. The highest BCUT2D eigenvalue weighted by Crippen LogP contribution is 2.50. The predicted octanol–water partition coefficient (Wildman–Crippen LogP) is 9.11. The fourth-order valence-electron chi connectivity index (χ4n) is 8.65. The summed E-state index contributed by atoms with van der Waals surface area (Å²) in [6.07, 6.45) is 9.15. The summed E-state index contributed by atoms with van der Waals surface area (Å²) in [4.78, 5) is 5.21. The minimum absolute atomic E-state index is 0.206. The van der Waals surface area contributed by atoms with Crippen molar-refractivity contribution in [1.29, 1.82) is 0 Å². The van der Waals surface area contributed by atoms with Crippen molar-refractivity contribution in [3.05, 3.63) is 168 Å². The average Bonchev–Trinajstić information content (AvgIpc) is 3.62. The van der Waals surface area contributed by atoms with E-state index < -0.39 is 0 Å². The number of benzene rings is 6. The fraction of sp³-hybridized carbons (Fsp3) is 0.0909. The van der Waals surface area contributed by atoms with Crippen molar-refractivity contribution in [3.8, 4) is 5.69 Å². The van der Waals surface area contributed by atoms with Crippen molar-refractivity contribution in [2.24, 2.45) is 0 Å². The molecule has 0 bridgehead atoms. The molecule has 2 nitrogen and oxygen atoms in total. The molecule has 6 aromatic carbocycles. The molecule has 0 saturated carbocycles. The molecule has 0 fully saturated rings. The maximum atomic E-state index is 2.54. The summed E-state index contributed by atoms with van der Waals surface area (Å²) < 4.78 is 2.50. The number of rotatable bonds is 3. The maximum Gasteiger partial charge on any atom is 0.244 e. The molecule has 228 valence electrons. The highest BCUT2D eigenvalue weighted by molar-refractivity contribution is 8.00. The van der Waals surface area contributed by atoms with Gasteiger partial charge in [-0.3, -0.25) is 0 Å². The molecule has 0 radical (unpaired) electrons. The van der Waals surface area contributed by atoms with Crippen LogP contribution < -0.4 is 21.3 Å². The van der Waals surface area contributed by atoms with Gasteiger partial charge in [-0.05, 0) is 67.9 Å². The molecule has 2 unspecified atom stereocenters. The van der Waals surface area contributed by atoms with Gasteiger partial charge in [-0.1, -0.05) is 142 Å². The molecule has 7 aromatic rings. The van der Waals surface area contributed by atoms with E-state index in [4.69, 9.17) is 0 Å². The molecule has 1 aliphatic carbocycles. The van der Waals surface area contributed by atoms with Crippen molar-refractivity contribution in [3.63, 3.8) is 0 Å². The molecular weight excluding hydrogens is 599 g/mol. The molecule has 10 rings (SSSR count). The summed E-state index contributed by atoms with van der Waals surface area (Å²) in [6, 6.07) is 47.9. The van der Waals surface area contributed by atoms with Crippen LogP contribution in [0.25, 0.3) is 27.5 Å². The smallest absolute Gasteiger partial charge is 0.244 e. The molecule has 0 N–H and O–H groups in total. The molecular formula is C44H33BN2S. The van der Waals surface area contributed by atoms with E-state index in [0.29, 0.717) is 5.92 Å². The van der Waals surface area contributed by atoms with Gasteiger partial charge in [0, 0.05) is 43.5 Å². The van der Waals surface area contributed by atoms with E-state index in [9.17, 15) is 0 Å². The largest absolute Gasteiger partial charge is 0.333 e. The molecule has 0 saturated heterocycles. The number of aryl methyl sites for hydroxylation is 2. The van der Waals surface area contributed by atoms with Crippen molar-refractivity contribution in [1.82, 2.24) is 4.57 Å². The third kappa shape index (κ3) is 4.02. The first-order chi connectivity index (χ1) is 23.7. The third-order valence-electron chi connectivity index (χ3n) is 10.7. The van der Waals surface area contributed by atoms with Gasteiger partial charge in [-0.15, -0.1) is 0 Å². The van der Waals surface area contributed by atoms with Crippen LogP contribution in [0.5, 0.6) is 0 Å². The zero-order valence-corrected chi connectivity index (χ0v) is 27.8. The van der Waals surface area contributed by atoms with Crippen LogP contribution in [0.15, 0.2) is 161 Å². The van der Waals surface area contributed by atoms with Crippen LogP contribution in [0.4, 0.5) is 11.4 Å². The van der Waals surface area contributed by atoms with E-state index in [1.807, 2.05) is 11.8 Å². The van der Waals surface area contributed by atoms with E-state index in [-0.39, 0.29) is 12.8 Å². The number of para-hydroxylation sites is 2. The van der Waals surface area contributed by atoms with Gasteiger partial charge in [0.25, 0.3) is 0 Å². The topological polar surface area (TPSA) is 8.17 Å². The van der Waals surface area contributed by atoms with Crippen LogP contribution in [-0.2, 0) is 0 Å².